The molecule has 126 valence electrons. The molecule has 1 aromatic carbocycles. The lowest BCUT2D eigenvalue weighted by atomic mass is 10.1. The molecule has 1 N–H and O–H groups in total. The minimum Gasteiger partial charge on any atom is -0.479 e. The van der Waals surface area contributed by atoms with Gasteiger partial charge in [0.15, 0.2) is 0 Å². The van der Waals surface area contributed by atoms with Gasteiger partial charge in [-0.2, -0.15) is 0 Å². The molecule has 1 saturated heterocycles. The van der Waals surface area contributed by atoms with E-state index in [-0.39, 0.29) is 18.9 Å². The van der Waals surface area contributed by atoms with Crippen molar-refractivity contribution in [2.24, 2.45) is 0 Å². The van der Waals surface area contributed by atoms with E-state index in [4.69, 9.17) is 16.7 Å². The van der Waals surface area contributed by atoms with Gasteiger partial charge in [0.2, 0.25) is 5.67 Å². The Labute approximate surface area is 146 Å². The summed E-state index contributed by atoms with van der Waals surface area (Å²) in [4.78, 5) is 29.6. The number of halogens is 2. The first-order valence-electron chi connectivity index (χ1n) is 7.25. The molecule has 24 heavy (non-hydrogen) atoms. The summed E-state index contributed by atoms with van der Waals surface area (Å²) in [6.45, 7) is 1.35. The minimum atomic E-state index is -2.37. The van der Waals surface area contributed by atoms with Crippen molar-refractivity contribution in [1.82, 2.24) is 9.88 Å². The van der Waals surface area contributed by atoms with Gasteiger partial charge in [-0.25, -0.2) is 14.2 Å². The molecule has 1 atom stereocenters. The molecule has 1 aliphatic heterocycles. The van der Waals surface area contributed by atoms with Gasteiger partial charge >= 0.3 is 5.97 Å². The Kier molecular flexibility index (Phi) is 4.31. The van der Waals surface area contributed by atoms with Crippen LogP contribution in [0.3, 0.4) is 0 Å². The molecule has 0 aliphatic carbocycles. The predicted molar refractivity (Wildman–Crippen MR) is 89.3 cm³/mol. The molecule has 1 fully saturated rings. The third-order valence-electron chi connectivity index (χ3n) is 3.97. The molecule has 1 aromatic heterocycles. The Hall–Kier alpha value is -1.99. The van der Waals surface area contributed by atoms with Crippen molar-refractivity contribution in [3.63, 3.8) is 0 Å². The van der Waals surface area contributed by atoms with Crippen LogP contribution < -0.4 is 0 Å². The number of thiazole rings is 1. The number of carbonyl (C=O) groups is 2. The number of aryl methyl sites for hydroxylation is 1. The van der Waals surface area contributed by atoms with Crippen LogP contribution in [-0.4, -0.2) is 45.6 Å². The Morgan fingerprint density at radius 2 is 2.04 bits per heavy atom. The Bertz CT molecular complexity index is 808. The number of hydrogen-bond donors (Lipinski definition) is 1. The molecule has 3 rings (SSSR count). The first kappa shape index (κ1) is 16.9. The first-order chi connectivity index (χ1) is 11.3. The Balaban J connectivity index is 1.84. The molecule has 1 amide bonds. The lowest BCUT2D eigenvalue weighted by Gasteiger charge is -2.17. The van der Waals surface area contributed by atoms with Crippen LogP contribution in [0.2, 0.25) is 5.02 Å². The summed E-state index contributed by atoms with van der Waals surface area (Å²) >= 11 is 7.07. The molecular weight excluding hydrogens is 355 g/mol. The van der Waals surface area contributed by atoms with Gasteiger partial charge in [0.1, 0.15) is 9.88 Å². The number of amides is 1. The number of rotatable bonds is 3. The summed E-state index contributed by atoms with van der Waals surface area (Å²) in [5.74, 6) is -1.91. The molecular formula is C16H14ClFN2O3S. The second kappa shape index (κ2) is 6.14. The highest BCUT2D eigenvalue weighted by molar-refractivity contribution is 7.17. The third-order valence-corrected chi connectivity index (χ3v) is 5.42. The van der Waals surface area contributed by atoms with Crippen molar-refractivity contribution in [3.05, 3.63) is 39.9 Å². The maximum Gasteiger partial charge on any atom is 0.343 e. The maximum absolute atomic E-state index is 14.2. The van der Waals surface area contributed by atoms with E-state index < -0.39 is 18.2 Å². The van der Waals surface area contributed by atoms with Gasteiger partial charge in [-0.15, -0.1) is 11.3 Å². The fourth-order valence-electron chi connectivity index (χ4n) is 2.58. The summed E-state index contributed by atoms with van der Waals surface area (Å²) in [5, 5.41) is 10.2. The van der Waals surface area contributed by atoms with E-state index in [1.807, 2.05) is 12.1 Å². The van der Waals surface area contributed by atoms with Gasteiger partial charge in [-0.05, 0) is 19.1 Å². The van der Waals surface area contributed by atoms with Gasteiger partial charge in [0.05, 0.1) is 12.2 Å². The molecule has 2 heterocycles. The lowest BCUT2D eigenvalue weighted by Crippen LogP contribution is -2.38. The smallest absolute Gasteiger partial charge is 0.343 e. The van der Waals surface area contributed by atoms with E-state index in [1.54, 1.807) is 19.1 Å². The Morgan fingerprint density at radius 1 is 1.38 bits per heavy atom. The summed E-state index contributed by atoms with van der Waals surface area (Å²) in [6, 6.07) is 7.09. The van der Waals surface area contributed by atoms with Crippen LogP contribution in [0.15, 0.2) is 24.3 Å². The van der Waals surface area contributed by atoms with Crippen molar-refractivity contribution in [1.29, 1.82) is 0 Å². The highest BCUT2D eigenvalue weighted by Gasteiger charge is 2.47. The molecule has 0 spiro atoms. The Morgan fingerprint density at radius 3 is 2.62 bits per heavy atom. The summed E-state index contributed by atoms with van der Waals surface area (Å²) in [7, 11) is 0. The van der Waals surface area contributed by atoms with Crippen molar-refractivity contribution < 1.29 is 19.1 Å². The van der Waals surface area contributed by atoms with Gasteiger partial charge in [0.25, 0.3) is 5.91 Å². The van der Waals surface area contributed by atoms with E-state index in [9.17, 15) is 14.0 Å². The van der Waals surface area contributed by atoms with Crippen LogP contribution in [0.25, 0.3) is 10.6 Å². The number of likely N-dealkylation sites (tertiary alicyclic amines) is 1. The standard InChI is InChI=1S/C16H14ClFN2O3S/c1-9-12(14(21)20-7-6-16(18,8-20)15(22)23)24-13(19-9)10-2-4-11(17)5-3-10/h2-5H,6-8H2,1H3,(H,22,23). The highest BCUT2D eigenvalue weighted by Crippen LogP contribution is 2.32. The van der Waals surface area contributed by atoms with Crippen LogP contribution in [-0.2, 0) is 4.79 Å². The number of hydrogen-bond acceptors (Lipinski definition) is 4. The van der Waals surface area contributed by atoms with E-state index in [1.165, 1.54) is 16.2 Å². The van der Waals surface area contributed by atoms with Gasteiger partial charge in [-0.1, -0.05) is 23.7 Å². The quantitative estimate of drug-likeness (QED) is 0.901. The second-order valence-corrected chi connectivity index (χ2v) is 7.12. The third kappa shape index (κ3) is 3.01. The summed E-state index contributed by atoms with van der Waals surface area (Å²) < 4.78 is 14.2. The van der Waals surface area contributed by atoms with Crippen molar-refractivity contribution in [3.8, 4) is 10.6 Å². The van der Waals surface area contributed by atoms with Crippen LogP contribution >= 0.6 is 22.9 Å². The number of carbonyl (C=O) groups excluding carboxylic acids is 1. The molecule has 0 saturated carbocycles. The molecule has 0 bridgehead atoms. The molecule has 2 aromatic rings. The average Bonchev–Trinajstić information content (AvgIpc) is 3.12. The number of aliphatic carboxylic acids is 1. The van der Waals surface area contributed by atoms with Gasteiger partial charge < -0.3 is 10.0 Å². The van der Waals surface area contributed by atoms with Crippen LogP contribution in [0.1, 0.15) is 21.8 Å². The van der Waals surface area contributed by atoms with Gasteiger partial charge in [-0.3, -0.25) is 4.79 Å². The monoisotopic (exact) mass is 368 g/mol. The van der Waals surface area contributed by atoms with Crippen molar-refractivity contribution in [2.45, 2.75) is 19.0 Å². The zero-order chi connectivity index (χ0) is 17.5. The highest BCUT2D eigenvalue weighted by atomic mass is 35.5. The fraction of sp³-hybridized carbons (Fsp3) is 0.312. The van der Waals surface area contributed by atoms with Crippen molar-refractivity contribution in [2.75, 3.05) is 13.1 Å². The summed E-state index contributed by atoms with van der Waals surface area (Å²) in [5.41, 5.74) is -0.993. The number of carboxylic acid groups (broad SMARTS) is 1. The fourth-order valence-corrected chi connectivity index (χ4v) is 3.74. The number of carboxylic acids is 1. The zero-order valence-corrected chi connectivity index (χ0v) is 14.3. The lowest BCUT2D eigenvalue weighted by molar-refractivity contribution is -0.149. The number of benzene rings is 1. The van der Waals surface area contributed by atoms with E-state index in [2.05, 4.69) is 4.98 Å². The van der Waals surface area contributed by atoms with E-state index in [0.717, 1.165) is 5.56 Å². The molecule has 8 heteroatoms. The number of nitrogens with zero attached hydrogens (tertiary/aromatic N) is 2. The molecule has 5 nitrogen and oxygen atoms in total. The number of aromatic nitrogens is 1. The molecule has 1 aliphatic rings. The topological polar surface area (TPSA) is 70.5 Å². The van der Waals surface area contributed by atoms with Crippen LogP contribution in [0.5, 0.6) is 0 Å². The predicted octanol–water partition coefficient (Wildman–Crippen LogP) is 3.41. The summed E-state index contributed by atoms with van der Waals surface area (Å²) in [6.07, 6.45) is -0.198. The van der Waals surface area contributed by atoms with E-state index >= 15 is 0 Å². The minimum absolute atomic E-state index is 0.0786. The van der Waals surface area contributed by atoms with Crippen molar-refractivity contribution >= 4 is 34.8 Å². The zero-order valence-electron chi connectivity index (χ0n) is 12.8. The van der Waals surface area contributed by atoms with E-state index in [0.29, 0.717) is 20.6 Å². The SMILES string of the molecule is Cc1nc(-c2ccc(Cl)cc2)sc1C(=O)N1CCC(F)(C(=O)O)C1. The second-order valence-electron chi connectivity index (χ2n) is 5.69. The normalized spacial score (nSPS) is 20.4. The first-order valence-corrected chi connectivity index (χ1v) is 8.44. The van der Waals surface area contributed by atoms with Gasteiger partial charge in [0, 0.05) is 23.6 Å². The van der Waals surface area contributed by atoms with Crippen LogP contribution in [0, 0.1) is 6.92 Å². The molecule has 1 unspecified atom stereocenters. The maximum atomic E-state index is 14.2. The average molecular weight is 369 g/mol. The van der Waals surface area contributed by atoms with Crippen LogP contribution in [0.4, 0.5) is 4.39 Å². The largest absolute Gasteiger partial charge is 0.479 e. The number of alkyl halides is 1. The molecule has 0 radical (unpaired) electrons.